The molecule has 1 heterocycles. The van der Waals surface area contributed by atoms with Crippen molar-refractivity contribution < 1.29 is 8.42 Å². The van der Waals surface area contributed by atoms with E-state index >= 15 is 0 Å². The predicted octanol–water partition coefficient (Wildman–Crippen LogP) is 2.82. The third-order valence-corrected chi connectivity index (χ3v) is 6.29. The third kappa shape index (κ3) is 4.07. The fraction of sp³-hybridized carbons (Fsp3) is 0.316. The fourth-order valence-electron chi connectivity index (χ4n) is 2.98. The van der Waals surface area contributed by atoms with Crippen molar-refractivity contribution in [3.8, 4) is 6.07 Å². The molecule has 6 heteroatoms. The number of nitrogens with zero attached hydrogens (tertiary/aromatic N) is 3. The fourth-order valence-corrected chi connectivity index (χ4v) is 4.65. The molecule has 0 amide bonds. The molecule has 25 heavy (non-hydrogen) atoms. The average Bonchev–Trinajstić information content (AvgIpc) is 2.60. The zero-order chi connectivity index (χ0) is 17.9. The van der Waals surface area contributed by atoms with Crippen molar-refractivity contribution in [2.75, 3.05) is 13.1 Å². The Kier molecular flexibility index (Phi) is 5.19. The lowest BCUT2D eigenvalue weighted by molar-refractivity contribution is 0.276. The molecule has 130 valence electrons. The van der Waals surface area contributed by atoms with Crippen LogP contribution in [-0.4, -0.2) is 30.1 Å². The molecule has 0 saturated carbocycles. The van der Waals surface area contributed by atoms with Gasteiger partial charge >= 0.3 is 0 Å². The number of hydrogen-bond donors (Lipinski definition) is 0. The van der Waals surface area contributed by atoms with Gasteiger partial charge in [0.1, 0.15) is 0 Å². The van der Waals surface area contributed by atoms with Crippen LogP contribution in [0.4, 0.5) is 0 Å². The minimum Gasteiger partial charge on any atom is -0.195 e. The van der Waals surface area contributed by atoms with Crippen LogP contribution in [0.15, 0.2) is 48.5 Å². The van der Waals surface area contributed by atoms with Gasteiger partial charge in [0, 0.05) is 26.2 Å². The summed E-state index contributed by atoms with van der Waals surface area (Å²) >= 11 is 0. The van der Waals surface area contributed by atoms with Crippen LogP contribution in [0.2, 0.25) is 0 Å². The molecular weight excluding hydrogens is 334 g/mol. The van der Waals surface area contributed by atoms with Crippen molar-refractivity contribution in [3.63, 3.8) is 0 Å². The number of benzene rings is 2. The Balaban J connectivity index is 1.77. The largest absolute Gasteiger partial charge is 0.282 e. The van der Waals surface area contributed by atoms with Gasteiger partial charge in [-0.15, -0.1) is 0 Å². The second-order valence-corrected chi connectivity index (χ2v) is 8.25. The predicted molar refractivity (Wildman–Crippen MR) is 96.7 cm³/mol. The lowest BCUT2D eigenvalue weighted by atomic mass is 10.1. The van der Waals surface area contributed by atoms with Crippen LogP contribution >= 0.6 is 0 Å². The highest BCUT2D eigenvalue weighted by Gasteiger charge is 2.33. The maximum absolute atomic E-state index is 12.9. The SMILES string of the molecule is Cc1ccc(CN2CCCN(Cc3cccc(C#N)c3)S2(=O)=O)cc1. The Bertz CT molecular complexity index is 886. The summed E-state index contributed by atoms with van der Waals surface area (Å²) in [5.41, 5.74) is 3.52. The molecule has 1 fully saturated rings. The van der Waals surface area contributed by atoms with Gasteiger partial charge in [0.05, 0.1) is 11.6 Å². The van der Waals surface area contributed by atoms with Crippen molar-refractivity contribution in [1.29, 1.82) is 5.26 Å². The minimum absolute atomic E-state index is 0.294. The lowest BCUT2D eigenvalue weighted by Gasteiger charge is -2.34. The first-order chi connectivity index (χ1) is 12.0. The van der Waals surface area contributed by atoms with Crippen LogP contribution in [0.1, 0.15) is 28.7 Å². The van der Waals surface area contributed by atoms with E-state index in [0.717, 1.165) is 23.1 Å². The van der Waals surface area contributed by atoms with Gasteiger partial charge < -0.3 is 0 Å². The number of aryl methyl sites for hydroxylation is 1. The first-order valence-corrected chi connectivity index (χ1v) is 9.68. The quantitative estimate of drug-likeness (QED) is 0.847. The Morgan fingerprint density at radius 3 is 2.28 bits per heavy atom. The molecule has 1 aliphatic rings. The Morgan fingerprint density at radius 1 is 1.00 bits per heavy atom. The highest BCUT2D eigenvalue weighted by molar-refractivity contribution is 7.86. The maximum Gasteiger partial charge on any atom is 0.282 e. The molecule has 2 aromatic rings. The van der Waals surface area contributed by atoms with Crippen molar-refractivity contribution in [2.24, 2.45) is 0 Å². The number of hydrogen-bond acceptors (Lipinski definition) is 3. The average molecular weight is 355 g/mol. The van der Waals surface area contributed by atoms with E-state index in [2.05, 4.69) is 6.07 Å². The van der Waals surface area contributed by atoms with Crippen LogP contribution in [0.5, 0.6) is 0 Å². The summed E-state index contributed by atoms with van der Waals surface area (Å²) in [4.78, 5) is 0. The van der Waals surface area contributed by atoms with Crippen molar-refractivity contribution in [1.82, 2.24) is 8.61 Å². The monoisotopic (exact) mass is 355 g/mol. The minimum atomic E-state index is -3.51. The smallest absolute Gasteiger partial charge is 0.195 e. The molecule has 1 saturated heterocycles. The van der Waals surface area contributed by atoms with E-state index in [9.17, 15) is 8.42 Å². The second-order valence-electron chi connectivity index (χ2n) is 6.33. The first kappa shape index (κ1) is 17.6. The van der Waals surface area contributed by atoms with Gasteiger partial charge in [-0.05, 0) is 36.6 Å². The third-order valence-electron chi connectivity index (χ3n) is 4.36. The summed E-state index contributed by atoms with van der Waals surface area (Å²) < 4.78 is 28.9. The summed E-state index contributed by atoms with van der Waals surface area (Å²) in [6, 6.07) is 17.1. The Labute approximate surface area is 149 Å². The number of nitriles is 1. The molecular formula is C19H21N3O2S. The van der Waals surface area contributed by atoms with Gasteiger partial charge in [0.15, 0.2) is 0 Å². The normalized spacial score (nSPS) is 17.9. The van der Waals surface area contributed by atoms with Crippen LogP contribution in [-0.2, 0) is 23.3 Å². The van der Waals surface area contributed by atoms with E-state index in [4.69, 9.17) is 5.26 Å². The molecule has 0 aliphatic carbocycles. The van der Waals surface area contributed by atoms with Gasteiger partial charge in [0.25, 0.3) is 10.2 Å². The van der Waals surface area contributed by atoms with Crippen molar-refractivity contribution in [3.05, 3.63) is 70.8 Å². The summed E-state index contributed by atoms with van der Waals surface area (Å²) in [5, 5.41) is 9.01. The molecule has 0 N–H and O–H groups in total. The van der Waals surface area contributed by atoms with E-state index in [-0.39, 0.29) is 0 Å². The summed E-state index contributed by atoms with van der Waals surface area (Å²) in [6.45, 7) is 3.73. The standard InChI is InChI=1S/C19H21N3O2S/c1-16-6-8-17(9-7-16)14-21-10-3-11-22(25(21,23)24)15-19-5-2-4-18(12-19)13-20/h2,4-9,12H,3,10-11,14-15H2,1H3. The maximum atomic E-state index is 12.9. The van der Waals surface area contributed by atoms with E-state index in [1.807, 2.05) is 37.3 Å². The molecule has 0 spiro atoms. The first-order valence-electron chi connectivity index (χ1n) is 8.29. The highest BCUT2D eigenvalue weighted by atomic mass is 32.2. The Hall–Kier alpha value is -2.20. The molecule has 0 unspecified atom stereocenters. The summed E-state index contributed by atoms with van der Waals surface area (Å²) in [7, 11) is -3.51. The van der Waals surface area contributed by atoms with Crippen LogP contribution in [0.3, 0.4) is 0 Å². The van der Waals surface area contributed by atoms with Crippen LogP contribution < -0.4 is 0 Å². The van der Waals surface area contributed by atoms with Gasteiger partial charge in [0.2, 0.25) is 0 Å². The highest BCUT2D eigenvalue weighted by Crippen LogP contribution is 2.22. The Morgan fingerprint density at radius 2 is 1.64 bits per heavy atom. The molecule has 0 atom stereocenters. The molecule has 1 aliphatic heterocycles. The second kappa shape index (κ2) is 7.36. The van der Waals surface area contributed by atoms with Gasteiger partial charge in [-0.3, -0.25) is 0 Å². The topological polar surface area (TPSA) is 64.4 Å². The molecule has 2 aromatic carbocycles. The van der Waals surface area contributed by atoms with Gasteiger partial charge in [-0.2, -0.15) is 22.3 Å². The van der Waals surface area contributed by atoms with Gasteiger partial charge in [-0.25, -0.2) is 0 Å². The number of rotatable bonds is 4. The van der Waals surface area contributed by atoms with Crippen molar-refractivity contribution >= 4 is 10.2 Å². The molecule has 0 radical (unpaired) electrons. The summed E-state index contributed by atoms with van der Waals surface area (Å²) in [6.07, 6.45) is 0.795. The molecule has 0 aromatic heterocycles. The van der Waals surface area contributed by atoms with E-state index in [1.165, 1.54) is 8.61 Å². The molecule has 5 nitrogen and oxygen atoms in total. The zero-order valence-corrected chi connectivity index (χ0v) is 15.0. The lowest BCUT2D eigenvalue weighted by Crippen LogP contribution is -2.48. The van der Waals surface area contributed by atoms with Crippen LogP contribution in [0, 0.1) is 18.3 Å². The van der Waals surface area contributed by atoms with E-state index < -0.39 is 10.2 Å². The zero-order valence-electron chi connectivity index (χ0n) is 14.2. The molecule has 0 bridgehead atoms. The van der Waals surface area contributed by atoms with Crippen LogP contribution in [0.25, 0.3) is 0 Å². The van der Waals surface area contributed by atoms with Gasteiger partial charge in [-0.1, -0.05) is 42.0 Å². The van der Waals surface area contributed by atoms with E-state index in [1.54, 1.807) is 18.2 Å². The molecule has 3 rings (SSSR count). The van der Waals surface area contributed by atoms with Crippen molar-refractivity contribution in [2.45, 2.75) is 26.4 Å². The van der Waals surface area contributed by atoms with E-state index in [0.29, 0.717) is 31.7 Å². The summed E-state index contributed by atoms with van der Waals surface area (Å²) in [5.74, 6) is 0.